The summed E-state index contributed by atoms with van der Waals surface area (Å²) >= 11 is 0. The monoisotopic (exact) mass is 278 g/mol. The standard InChI is InChI=1S/C15H22N2O3/c1-11-10-16(2)7-8-17(11)15(18)13-9-12(19-3)5-6-14(13)20-4/h5-6,9,11H,7-8,10H2,1-4H3. The zero-order chi connectivity index (χ0) is 14.7. The van der Waals surface area contributed by atoms with Crippen molar-refractivity contribution in [3.8, 4) is 11.5 Å². The van der Waals surface area contributed by atoms with Crippen molar-refractivity contribution in [1.82, 2.24) is 9.80 Å². The Balaban J connectivity index is 2.28. The van der Waals surface area contributed by atoms with Crippen molar-refractivity contribution in [2.45, 2.75) is 13.0 Å². The van der Waals surface area contributed by atoms with Crippen molar-refractivity contribution in [3.05, 3.63) is 23.8 Å². The van der Waals surface area contributed by atoms with Gasteiger partial charge in [-0.1, -0.05) is 0 Å². The second-order valence-electron chi connectivity index (χ2n) is 5.18. The van der Waals surface area contributed by atoms with E-state index in [1.807, 2.05) is 4.90 Å². The smallest absolute Gasteiger partial charge is 0.258 e. The first-order valence-electron chi connectivity index (χ1n) is 6.78. The van der Waals surface area contributed by atoms with Crippen LogP contribution in [-0.4, -0.2) is 62.7 Å². The van der Waals surface area contributed by atoms with Crippen molar-refractivity contribution in [1.29, 1.82) is 0 Å². The minimum absolute atomic E-state index is 0.00125. The van der Waals surface area contributed by atoms with E-state index in [1.165, 1.54) is 0 Å². The summed E-state index contributed by atoms with van der Waals surface area (Å²) < 4.78 is 10.5. The average molecular weight is 278 g/mol. The zero-order valence-electron chi connectivity index (χ0n) is 12.5. The molecule has 1 aromatic carbocycles. The molecular weight excluding hydrogens is 256 g/mol. The number of hydrogen-bond donors (Lipinski definition) is 0. The Morgan fingerprint density at radius 3 is 2.60 bits per heavy atom. The van der Waals surface area contributed by atoms with Gasteiger partial charge in [0.25, 0.3) is 5.91 Å². The maximum Gasteiger partial charge on any atom is 0.258 e. The molecule has 2 rings (SSSR count). The van der Waals surface area contributed by atoms with Gasteiger partial charge in [0.1, 0.15) is 11.5 Å². The van der Waals surface area contributed by atoms with Crippen LogP contribution in [0.1, 0.15) is 17.3 Å². The quantitative estimate of drug-likeness (QED) is 0.840. The van der Waals surface area contributed by atoms with E-state index in [0.29, 0.717) is 17.1 Å². The van der Waals surface area contributed by atoms with Gasteiger partial charge in [-0.2, -0.15) is 0 Å². The summed E-state index contributed by atoms with van der Waals surface area (Å²) in [6.45, 7) is 4.58. The number of amides is 1. The van der Waals surface area contributed by atoms with Crippen LogP contribution in [-0.2, 0) is 0 Å². The Labute approximate surface area is 120 Å². The third-order valence-corrected chi connectivity index (χ3v) is 3.73. The Bertz CT molecular complexity index is 490. The fourth-order valence-corrected chi connectivity index (χ4v) is 2.58. The summed E-state index contributed by atoms with van der Waals surface area (Å²) in [6.07, 6.45) is 0. The van der Waals surface area contributed by atoms with Crippen LogP contribution in [0.2, 0.25) is 0 Å². The lowest BCUT2D eigenvalue weighted by atomic mass is 10.1. The van der Waals surface area contributed by atoms with E-state index in [9.17, 15) is 4.79 Å². The number of carbonyl (C=O) groups excluding carboxylic acids is 1. The van der Waals surface area contributed by atoms with Gasteiger partial charge in [-0.3, -0.25) is 4.79 Å². The highest BCUT2D eigenvalue weighted by Gasteiger charge is 2.28. The molecule has 1 unspecified atom stereocenters. The molecule has 0 aliphatic carbocycles. The Kier molecular flexibility index (Phi) is 4.49. The first-order chi connectivity index (χ1) is 9.56. The van der Waals surface area contributed by atoms with Crippen LogP contribution >= 0.6 is 0 Å². The van der Waals surface area contributed by atoms with Crippen molar-refractivity contribution >= 4 is 5.91 Å². The lowest BCUT2D eigenvalue weighted by Crippen LogP contribution is -2.52. The number of carbonyl (C=O) groups is 1. The lowest BCUT2D eigenvalue weighted by Gasteiger charge is -2.38. The predicted octanol–water partition coefficient (Wildman–Crippen LogP) is 1.48. The molecule has 1 aliphatic heterocycles. The molecule has 110 valence electrons. The van der Waals surface area contributed by atoms with Crippen LogP contribution in [0.4, 0.5) is 0 Å². The number of methoxy groups -OCH3 is 2. The molecule has 1 fully saturated rings. The molecule has 0 bridgehead atoms. The molecule has 1 atom stereocenters. The topological polar surface area (TPSA) is 42.0 Å². The molecule has 0 N–H and O–H groups in total. The summed E-state index contributed by atoms with van der Waals surface area (Å²) in [4.78, 5) is 16.9. The number of likely N-dealkylation sites (N-methyl/N-ethyl adjacent to an activating group) is 1. The first-order valence-corrected chi connectivity index (χ1v) is 6.78. The van der Waals surface area contributed by atoms with Crippen LogP contribution in [0.25, 0.3) is 0 Å². The Morgan fingerprint density at radius 1 is 1.25 bits per heavy atom. The molecule has 20 heavy (non-hydrogen) atoms. The second kappa shape index (κ2) is 6.13. The largest absolute Gasteiger partial charge is 0.497 e. The summed E-state index contributed by atoms with van der Waals surface area (Å²) in [5, 5.41) is 0. The molecule has 1 heterocycles. The maximum absolute atomic E-state index is 12.7. The van der Waals surface area contributed by atoms with E-state index in [0.717, 1.165) is 19.6 Å². The number of hydrogen-bond acceptors (Lipinski definition) is 4. The van der Waals surface area contributed by atoms with Crippen molar-refractivity contribution in [3.63, 3.8) is 0 Å². The summed E-state index contributed by atoms with van der Waals surface area (Å²) in [6, 6.07) is 5.50. The van der Waals surface area contributed by atoms with Crippen LogP contribution in [0, 0.1) is 0 Å². The highest BCUT2D eigenvalue weighted by Crippen LogP contribution is 2.26. The molecule has 1 amide bonds. The molecule has 1 aromatic rings. The third kappa shape index (κ3) is 2.88. The maximum atomic E-state index is 12.7. The number of nitrogens with zero attached hydrogens (tertiary/aromatic N) is 2. The third-order valence-electron chi connectivity index (χ3n) is 3.73. The van der Waals surface area contributed by atoms with Crippen LogP contribution in [0.15, 0.2) is 18.2 Å². The van der Waals surface area contributed by atoms with Gasteiger partial charge >= 0.3 is 0 Å². The number of rotatable bonds is 3. The van der Waals surface area contributed by atoms with Crippen molar-refractivity contribution in [2.75, 3.05) is 40.9 Å². The second-order valence-corrected chi connectivity index (χ2v) is 5.18. The van der Waals surface area contributed by atoms with E-state index in [1.54, 1.807) is 32.4 Å². The van der Waals surface area contributed by atoms with Gasteiger partial charge in [-0.05, 0) is 32.2 Å². The molecule has 5 heteroatoms. The van der Waals surface area contributed by atoms with Gasteiger partial charge in [-0.25, -0.2) is 0 Å². The zero-order valence-corrected chi connectivity index (χ0v) is 12.5. The molecule has 5 nitrogen and oxygen atoms in total. The van der Waals surface area contributed by atoms with Crippen LogP contribution in [0.5, 0.6) is 11.5 Å². The molecule has 0 saturated carbocycles. The average Bonchev–Trinajstić information content (AvgIpc) is 2.46. The number of piperazine rings is 1. The van der Waals surface area contributed by atoms with Gasteiger partial charge in [0, 0.05) is 25.7 Å². The number of benzene rings is 1. The Hall–Kier alpha value is -1.75. The highest BCUT2D eigenvalue weighted by atomic mass is 16.5. The van der Waals surface area contributed by atoms with Gasteiger partial charge in [0.15, 0.2) is 0 Å². The lowest BCUT2D eigenvalue weighted by molar-refractivity contribution is 0.0530. The molecular formula is C15H22N2O3. The van der Waals surface area contributed by atoms with Crippen LogP contribution < -0.4 is 9.47 Å². The van der Waals surface area contributed by atoms with Crippen LogP contribution in [0.3, 0.4) is 0 Å². The molecule has 0 aromatic heterocycles. The minimum Gasteiger partial charge on any atom is -0.497 e. The van der Waals surface area contributed by atoms with E-state index in [4.69, 9.17) is 9.47 Å². The summed E-state index contributed by atoms with van der Waals surface area (Å²) in [7, 11) is 5.24. The van der Waals surface area contributed by atoms with Crippen molar-refractivity contribution in [2.24, 2.45) is 0 Å². The Morgan fingerprint density at radius 2 is 2.00 bits per heavy atom. The fourth-order valence-electron chi connectivity index (χ4n) is 2.58. The molecule has 1 aliphatic rings. The molecule has 0 radical (unpaired) electrons. The highest BCUT2D eigenvalue weighted by molar-refractivity contribution is 5.97. The predicted molar refractivity (Wildman–Crippen MR) is 77.5 cm³/mol. The van der Waals surface area contributed by atoms with E-state index in [-0.39, 0.29) is 11.9 Å². The molecule has 0 spiro atoms. The van der Waals surface area contributed by atoms with Gasteiger partial charge in [0.05, 0.1) is 19.8 Å². The fraction of sp³-hybridized carbons (Fsp3) is 0.533. The SMILES string of the molecule is COc1ccc(OC)c(C(=O)N2CCN(C)CC2C)c1. The summed E-state index contributed by atoms with van der Waals surface area (Å²) in [5.74, 6) is 1.25. The first kappa shape index (κ1) is 14.7. The van der Waals surface area contributed by atoms with Gasteiger partial charge in [-0.15, -0.1) is 0 Å². The number of ether oxygens (including phenoxy) is 2. The van der Waals surface area contributed by atoms with E-state index >= 15 is 0 Å². The summed E-state index contributed by atoms with van der Waals surface area (Å²) in [5.41, 5.74) is 0.559. The van der Waals surface area contributed by atoms with E-state index in [2.05, 4.69) is 18.9 Å². The van der Waals surface area contributed by atoms with E-state index < -0.39 is 0 Å². The van der Waals surface area contributed by atoms with Gasteiger partial charge < -0.3 is 19.3 Å². The molecule has 1 saturated heterocycles. The normalized spacial score (nSPS) is 19.8. The van der Waals surface area contributed by atoms with Crippen molar-refractivity contribution < 1.29 is 14.3 Å². The minimum atomic E-state index is 0.00125. The van der Waals surface area contributed by atoms with Gasteiger partial charge in [0.2, 0.25) is 0 Å².